The number of rotatable bonds is 5. The van der Waals surface area contributed by atoms with Crippen LogP contribution >= 0.6 is 0 Å². The third-order valence-electron chi connectivity index (χ3n) is 5.28. The second-order valence-electron chi connectivity index (χ2n) is 7.90. The molecule has 4 heteroatoms. The van der Waals surface area contributed by atoms with Gasteiger partial charge in [-0.15, -0.1) is 0 Å². The Balaban J connectivity index is 2.09. The van der Waals surface area contributed by atoms with Gasteiger partial charge in [0.15, 0.2) is 0 Å². The summed E-state index contributed by atoms with van der Waals surface area (Å²) in [5.74, 6) is 1.36. The number of carbonyl (C=O) groups excluding carboxylic acids is 2. The van der Waals surface area contributed by atoms with Crippen molar-refractivity contribution < 1.29 is 19.1 Å². The Bertz CT molecular complexity index is 902. The first kappa shape index (κ1) is 21.6. The molecule has 30 heavy (non-hydrogen) atoms. The second kappa shape index (κ2) is 9.57. The van der Waals surface area contributed by atoms with Gasteiger partial charge in [0.1, 0.15) is 11.5 Å². The van der Waals surface area contributed by atoms with E-state index in [-0.39, 0.29) is 11.9 Å². The fourth-order valence-corrected chi connectivity index (χ4v) is 3.96. The van der Waals surface area contributed by atoms with E-state index in [2.05, 4.69) is 26.0 Å². The van der Waals surface area contributed by atoms with Crippen LogP contribution in [0.1, 0.15) is 51.7 Å². The van der Waals surface area contributed by atoms with Gasteiger partial charge in [0.05, 0.1) is 0 Å². The first-order valence-corrected chi connectivity index (χ1v) is 10.3. The molecule has 1 atom stereocenters. The summed E-state index contributed by atoms with van der Waals surface area (Å²) in [5, 5.41) is 0. The number of ether oxygens (including phenoxy) is 2. The molecule has 0 heterocycles. The van der Waals surface area contributed by atoms with E-state index in [1.807, 2.05) is 48.5 Å². The Morgan fingerprint density at radius 2 is 1.27 bits per heavy atom. The first-order valence-electron chi connectivity index (χ1n) is 10.3. The van der Waals surface area contributed by atoms with Crippen LogP contribution in [0.25, 0.3) is 5.57 Å². The molecular formula is C26H28O4. The van der Waals surface area contributed by atoms with Gasteiger partial charge in [-0.2, -0.15) is 0 Å². The Morgan fingerprint density at radius 1 is 0.800 bits per heavy atom. The van der Waals surface area contributed by atoms with Gasteiger partial charge >= 0.3 is 11.9 Å². The van der Waals surface area contributed by atoms with Crippen LogP contribution in [0.2, 0.25) is 0 Å². The van der Waals surface area contributed by atoms with E-state index in [1.54, 1.807) is 0 Å². The van der Waals surface area contributed by atoms with E-state index in [0.717, 1.165) is 24.0 Å². The third kappa shape index (κ3) is 5.26. The van der Waals surface area contributed by atoms with Crippen LogP contribution in [0.15, 0.2) is 66.3 Å². The van der Waals surface area contributed by atoms with Gasteiger partial charge < -0.3 is 9.47 Å². The second-order valence-corrected chi connectivity index (χ2v) is 7.90. The van der Waals surface area contributed by atoms with E-state index in [9.17, 15) is 9.59 Å². The topological polar surface area (TPSA) is 52.6 Å². The fraction of sp³-hybridized carbons (Fsp3) is 0.308. The highest BCUT2D eigenvalue weighted by Crippen LogP contribution is 2.40. The zero-order valence-electron chi connectivity index (χ0n) is 18.0. The van der Waals surface area contributed by atoms with E-state index < -0.39 is 0 Å². The number of benzene rings is 2. The van der Waals surface area contributed by atoms with Crippen molar-refractivity contribution in [2.75, 3.05) is 0 Å². The highest BCUT2D eigenvalue weighted by molar-refractivity contribution is 5.83. The summed E-state index contributed by atoms with van der Waals surface area (Å²) >= 11 is 0. The van der Waals surface area contributed by atoms with Crippen LogP contribution in [-0.4, -0.2) is 11.9 Å². The summed E-state index contributed by atoms with van der Waals surface area (Å²) in [6.45, 7) is 7.31. The summed E-state index contributed by atoms with van der Waals surface area (Å²) < 4.78 is 10.4. The number of hydrogen-bond donors (Lipinski definition) is 0. The minimum absolute atomic E-state index is 0.334. The standard InChI is InChI=1S/C26H28O4/c1-17(2)24-7-5-6-8-25(24)26(20-9-13-22(14-10-20)29-18(3)27)21-11-15-23(16-12-21)30-19(4)28/h5-6,9-17,24H,7-8H2,1-4H3/t24-/m1/s1. The van der Waals surface area contributed by atoms with Crippen molar-refractivity contribution in [1.29, 1.82) is 0 Å². The van der Waals surface area contributed by atoms with Gasteiger partial charge in [-0.05, 0) is 65.6 Å². The molecular weight excluding hydrogens is 376 g/mol. The molecule has 0 aliphatic heterocycles. The van der Waals surface area contributed by atoms with Crippen molar-refractivity contribution in [3.63, 3.8) is 0 Å². The molecule has 4 nitrogen and oxygen atoms in total. The molecule has 156 valence electrons. The molecule has 0 aromatic heterocycles. The number of carbonyl (C=O) groups is 2. The summed E-state index contributed by atoms with van der Waals surface area (Å²) in [6, 6.07) is 15.3. The van der Waals surface area contributed by atoms with Crippen molar-refractivity contribution in [1.82, 2.24) is 0 Å². The van der Waals surface area contributed by atoms with Crippen LogP contribution < -0.4 is 9.47 Å². The summed E-state index contributed by atoms with van der Waals surface area (Å²) in [7, 11) is 0. The summed E-state index contributed by atoms with van der Waals surface area (Å²) in [5.41, 5.74) is 4.72. The van der Waals surface area contributed by atoms with Crippen molar-refractivity contribution in [2.24, 2.45) is 11.8 Å². The lowest BCUT2D eigenvalue weighted by Gasteiger charge is -2.29. The average molecular weight is 405 g/mol. The lowest BCUT2D eigenvalue weighted by atomic mass is 9.76. The smallest absolute Gasteiger partial charge is 0.308 e. The molecule has 0 radical (unpaired) electrons. The van der Waals surface area contributed by atoms with Gasteiger partial charge in [0, 0.05) is 13.8 Å². The van der Waals surface area contributed by atoms with E-state index in [1.165, 1.54) is 25.0 Å². The molecule has 3 rings (SSSR count). The van der Waals surface area contributed by atoms with E-state index in [0.29, 0.717) is 23.3 Å². The molecule has 0 fully saturated rings. The molecule has 0 bridgehead atoms. The third-order valence-corrected chi connectivity index (χ3v) is 5.28. The fourth-order valence-electron chi connectivity index (χ4n) is 3.96. The summed E-state index contributed by atoms with van der Waals surface area (Å²) in [4.78, 5) is 22.5. The lowest BCUT2D eigenvalue weighted by Crippen LogP contribution is -2.15. The Kier molecular flexibility index (Phi) is 6.88. The maximum absolute atomic E-state index is 11.3. The molecule has 1 aliphatic rings. The minimum atomic E-state index is -0.334. The van der Waals surface area contributed by atoms with Gasteiger partial charge in [-0.3, -0.25) is 9.59 Å². The predicted molar refractivity (Wildman–Crippen MR) is 118 cm³/mol. The quantitative estimate of drug-likeness (QED) is 0.350. The lowest BCUT2D eigenvalue weighted by molar-refractivity contribution is -0.132. The normalized spacial score (nSPS) is 15.8. The van der Waals surface area contributed by atoms with Crippen LogP contribution in [0.5, 0.6) is 11.5 Å². The highest BCUT2D eigenvalue weighted by Gasteiger charge is 2.24. The number of allylic oxidation sites excluding steroid dienone is 3. The zero-order valence-corrected chi connectivity index (χ0v) is 18.0. The van der Waals surface area contributed by atoms with E-state index in [4.69, 9.17) is 9.47 Å². The van der Waals surface area contributed by atoms with Gasteiger partial charge in [0.2, 0.25) is 0 Å². The van der Waals surface area contributed by atoms with Crippen LogP contribution in [0, 0.1) is 11.8 Å². The molecule has 0 saturated carbocycles. The van der Waals surface area contributed by atoms with Crippen molar-refractivity contribution >= 4 is 17.5 Å². The molecule has 2 aromatic carbocycles. The zero-order chi connectivity index (χ0) is 21.7. The van der Waals surface area contributed by atoms with Gasteiger partial charge in [0.25, 0.3) is 0 Å². The summed E-state index contributed by atoms with van der Waals surface area (Å²) in [6.07, 6.45) is 6.41. The molecule has 0 spiro atoms. The number of esters is 2. The highest BCUT2D eigenvalue weighted by atomic mass is 16.5. The van der Waals surface area contributed by atoms with Crippen molar-refractivity contribution in [3.05, 3.63) is 77.4 Å². The number of hydrogen-bond acceptors (Lipinski definition) is 4. The minimum Gasteiger partial charge on any atom is -0.427 e. The van der Waals surface area contributed by atoms with Gasteiger partial charge in [-0.1, -0.05) is 55.8 Å². The van der Waals surface area contributed by atoms with Crippen LogP contribution in [0.4, 0.5) is 0 Å². The maximum atomic E-state index is 11.3. The molecule has 1 aliphatic carbocycles. The monoisotopic (exact) mass is 404 g/mol. The van der Waals surface area contributed by atoms with Crippen LogP contribution in [-0.2, 0) is 9.59 Å². The average Bonchev–Trinajstić information content (AvgIpc) is 2.70. The molecule has 0 N–H and O–H groups in total. The largest absolute Gasteiger partial charge is 0.427 e. The maximum Gasteiger partial charge on any atom is 0.308 e. The van der Waals surface area contributed by atoms with E-state index >= 15 is 0 Å². The Labute approximate surface area is 178 Å². The SMILES string of the molecule is CC(=O)Oc1ccc(C(=C2CC=CC[C@@H]2C(C)C)c2ccc(OC(C)=O)cc2)cc1. The molecule has 0 amide bonds. The first-order chi connectivity index (χ1) is 14.3. The van der Waals surface area contributed by atoms with Crippen LogP contribution in [0.3, 0.4) is 0 Å². The predicted octanol–water partition coefficient (Wildman–Crippen LogP) is 5.96. The Hall–Kier alpha value is -3.14. The van der Waals surface area contributed by atoms with Crippen molar-refractivity contribution in [3.8, 4) is 11.5 Å². The molecule has 2 aromatic rings. The van der Waals surface area contributed by atoms with Crippen molar-refractivity contribution in [2.45, 2.75) is 40.5 Å². The molecule has 0 unspecified atom stereocenters. The Morgan fingerprint density at radius 3 is 1.67 bits per heavy atom. The van der Waals surface area contributed by atoms with Gasteiger partial charge in [-0.25, -0.2) is 0 Å². The molecule has 0 saturated heterocycles.